The van der Waals surface area contributed by atoms with E-state index in [1.165, 1.54) is 19.3 Å². The molecule has 0 heterocycles. The van der Waals surface area contributed by atoms with Crippen molar-refractivity contribution >= 4 is 0 Å². The molecule has 88 valence electrons. The molecule has 0 unspecified atom stereocenters. The van der Waals surface area contributed by atoms with Gasteiger partial charge in [0.15, 0.2) is 0 Å². The van der Waals surface area contributed by atoms with Gasteiger partial charge in [-0.25, -0.2) is 0 Å². The average Bonchev–Trinajstić information content (AvgIpc) is 2.26. The summed E-state index contributed by atoms with van der Waals surface area (Å²) in [4.78, 5) is 2.25. The predicted octanol–water partition coefficient (Wildman–Crippen LogP) is 3.30. The molecular weight excluding hydrogens is 196 g/mol. The maximum absolute atomic E-state index is 8.53. The molecule has 0 rings (SSSR count). The van der Waals surface area contributed by atoms with Crippen molar-refractivity contribution in [3.05, 3.63) is 36.5 Å². The van der Waals surface area contributed by atoms with Crippen LogP contribution in [0, 0.1) is 11.3 Å². The highest BCUT2D eigenvalue weighted by atomic mass is 15.1. The summed E-state index contributed by atoms with van der Waals surface area (Å²) in [5.41, 5.74) is 1.48. The Morgan fingerprint density at radius 2 is 2.00 bits per heavy atom. The third-order valence-corrected chi connectivity index (χ3v) is 2.28. The van der Waals surface area contributed by atoms with Crippen molar-refractivity contribution in [2.24, 2.45) is 0 Å². The highest BCUT2D eigenvalue weighted by Gasteiger charge is 1.98. The van der Waals surface area contributed by atoms with Gasteiger partial charge in [-0.3, -0.25) is 0 Å². The molecule has 0 aromatic heterocycles. The van der Waals surface area contributed by atoms with Crippen LogP contribution >= 0.6 is 0 Å². The number of likely N-dealkylation sites (N-methyl/N-ethyl adjacent to an activating group) is 1. The monoisotopic (exact) mass is 218 g/mol. The van der Waals surface area contributed by atoms with Gasteiger partial charge in [-0.2, -0.15) is 5.26 Å². The van der Waals surface area contributed by atoms with Crippen molar-refractivity contribution in [3.63, 3.8) is 0 Å². The van der Waals surface area contributed by atoms with Crippen LogP contribution < -0.4 is 0 Å². The molecule has 0 aliphatic heterocycles. The molecule has 0 aliphatic carbocycles. The molecule has 0 spiro atoms. The minimum atomic E-state index is 0.467. The van der Waals surface area contributed by atoms with Crippen LogP contribution in [0.3, 0.4) is 0 Å². The molecule has 0 amide bonds. The first kappa shape index (κ1) is 14.7. The predicted molar refractivity (Wildman–Crippen MR) is 70.1 cm³/mol. The van der Waals surface area contributed by atoms with Crippen molar-refractivity contribution in [2.75, 3.05) is 20.1 Å². The summed E-state index contributed by atoms with van der Waals surface area (Å²) in [6.07, 6.45) is 7.33. The fourth-order valence-corrected chi connectivity index (χ4v) is 1.37. The second-order valence-corrected chi connectivity index (χ2v) is 4.07. The molecule has 0 atom stereocenters. The molecule has 0 saturated heterocycles. The lowest BCUT2D eigenvalue weighted by atomic mass is 10.2. The van der Waals surface area contributed by atoms with Crippen LogP contribution in [0.15, 0.2) is 36.5 Å². The van der Waals surface area contributed by atoms with E-state index in [1.807, 2.05) is 12.1 Å². The number of hydrogen-bond donors (Lipinski definition) is 0. The minimum absolute atomic E-state index is 0.467. The van der Waals surface area contributed by atoms with E-state index in [4.69, 9.17) is 5.26 Å². The topological polar surface area (TPSA) is 27.0 Å². The molecule has 0 aliphatic rings. The SMILES string of the molecule is C=C(C#N)/C=C\C(=C)CN(C)CCCCC. The Bertz CT molecular complexity index is 294. The zero-order chi connectivity index (χ0) is 12.4. The van der Waals surface area contributed by atoms with Gasteiger partial charge in [-0.15, -0.1) is 0 Å². The summed E-state index contributed by atoms with van der Waals surface area (Å²) in [5, 5.41) is 8.53. The van der Waals surface area contributed by atoms with E-state index in [0.29, 0.717) is 5.57 Å². The zero-order valence-corrected chi connectivity index (χ0v) is 10.5. The first-order valence-corrected chi connectivity index (χ1v) is 5.73. The van der Waals surface area contributed by atoms with E-state index in [9.17, 15) is 0 Å². The van der Waals surface area contributed by atoms with E-state index in [-0.39, 0.29) is 0 Å². The van der Waals surface area contributed by atoms with Gasteiger partial charge in [0.25, 0.3) is 0 Å². The number of unbranched alkanes of at least 4 members (excludes halogenated alkanes) is 2. The van der Waals surface area contributed by atoms with E-state index < -0.39 is 0 Å². The van der Waals surface area contributed by atoms with E-state index in [0.717, 1.165) is 18.7 Å². The molecule has 16 heavy (non-hydrogen) atoms. The van der Waals surface area contributed by atoms with E-state index >= 15 is 0 Å². The molecule has 0 radical (unpaired) electrons. The highest BCUT2D eigenvalue weighted by molar-refractivity contribution is 5.33. The van der Waals surface area contributed by atoms with Gasteiger partial charge in [0, 0.05) is 12.1 Å². The van der Waals surface area contributed by atoms with Gasteiger partial charge < -0.3 is 4.90 Å². The van der Waals surface area contributed by atoms with Crippen LogP contribution in [-0.4, -0.2) is 25.0 Å². The van der Waals surface area contributed by atoms with Gasteiger partial charge in [0.1, 0.15) is 0 Å². The molecular formula is C14H22N2. The van der Waals surface area contributed by atoms with Crippen LogP contribution in [-0.2, 0) is 0 Å². The second kappa shape index (κ2) is 8.94. The maximum atomic E-state index is 8.53. The summed E-state index contributed by atoms with van der Waals surface area (Å²) in [7, 11) is 2.09. The number of rotatable bonds is 8. The Morgan fingerprint density at radius 3 is 2.56 bits per heavy atom. The van der Waals surface area contributed by atoms with E-state index in [2.05, 4.69) is 32.0 Å². The summed E-state index contributed by atoms with van der Waals surface area (Å²) >= 11 is 0. The van der Waals surface area contributed by atoms with Gasteiger partial charge in [-0.05, 0) is 31.7 Å². The number of nitriles is 1. The normalized spacial score (nSPS) is 10.6. The lowest BCUT2D eigenvalue weighted by Gasteiger charge is -2.16. The highest BCUT2D eigenvalue weighted by Crippen LogP contribution is 2.02. The fourth-order valence-electron chi connectivity index (χ4n) is 1.37. The van der Waals surface area contributed by atoms with Crippen LogP contribution in [0.5, 0.6) is 0 Å². The second-order valence-electron chi connectivity index (χ2n) is 4.07. The first-order chi connectivity index (χ1) is 7.60. The molecule has 0 saturated carbocycles. The summed E-state index contributed by atoms with van der Waals surface area (Å²) in [6.45, 7) is 11.7. The van der Waals surface area contributed by atoms with Crippen molar-refractivity contribution < 1.29 is 0 Å². The zero-order valence-electron chi connectivity index (χ0n) is 10.5. The molecule has 0 bridgehead atoms. The van der Waals surface area contributed by atoms with Crippen LogP contribution in [0.1, 0.15) is 26.2 Å². The molecule has 0 aromatic rings. The van der Waals surface area contributed by atoms with Crippen LogP contribution in [0.2, 0.25) is 0 Å². The van der Waals surface area contributed by atoms with Gasteiger partial charge in [0.2, 0.25) is 0 Å². The standard InChI is InChI=1S/C14H22N2/c1-5-6-7-10-16(4)12-14(3)9-8-13(2)11-15/h8-9H,2-3,5-7,10,12H2,1,4H3/b9-8-. The summed E-state index contributed by atoms with van der Waals surface area (Å²) in [5.74, 6) is 0. The van der Waals surface area contributed by atoms with Crippen LogP contribution in [0.4, 0.5) is 0 Å². The van der Waals surface area contributed by atoms with E-state index in [1.54, 1.807) is 6.08 Å². The van der Waals surface area contributed by atoms with Gasteiger partial charge >= 0.3 is 0 Å². The lowest BCUT2D eigenvalue weighted by molar-refractivity contribution is 0.354. The molecule has 0 N–H and O–H groups in total. The van der Waals surface area contributed by atoms with Gasteiger partial charge in [0.05, 0.1) is 6.07 Å². The molecule has 0 fully saturated rings. The molecule has 2 heteroatoms. The largest absolute Gasteiger partial charge is 0.302 e. The Hall–Kier alpha value is -1.33. The van der Waals surface area contributed by atoms with Crippen LogP contribution in [0.25, 0.3) is 0 Å². The fraction of sp³-hybridized carbons (Fsp3) is 0.500. The lowest BCUT2D eigenvalue weighted by Crippen LogP contribution is -2.21. The Balaban J connectivity index is 3.83. The summed E-state index contributed by atoms with van der Waals surface area (Å²) < 4.78 is 0. The first-order valence-electron chi connectivity index (χ1n) is 5.73. The summed E-state index contributed by atoms with van der Waals surface area (Å²) in [6, 6.07) is 1.98. The third kappa shape index (κ3) is 8.02. The third-order valence-electron chi connectivity index (χ3n) is 2.28. The van der Waals surface area contributed by atoms with Crippen molar-refractivity contribution in [1.29, 1.82) is 5.26 Å². The average molecular weight is 218 g/mol. The number of allylic oxidation sites excluding steroid dienone is 2. The van der Waals surface area contributed by atoms with Crippen molar-refractivity contribution in [1.82, 2.24) is 4.90 Å². The quantitative estimate of drug-likeness (QED) is 0.355. The Kier molecular flexibility index (Phi) is 8.19. The molecule has 0 aromatic carbocycles. The number of nitrogens with zero attached hydrogens (tertiary/aromatic N) is 2. The van der Waals surface area contributed by atoms with Crippen molar-refractivity contribution in [3.8, 4) is 6.07 Å². The Morgan fingerprint density at radius 1 is 1.31 bits per heavy atom. The van der Waals surface area contributed by atoms with Crippen molar-refractivity contribution in [2.45, 2.75) is 26.2 Å². The number of hydrogen-bond acceptors (Lipinski definition) is 2. The van der Waals surface area contributed by atoms with Gasteiger partial charge in [-0.1, -0.05) is 39.0 Å². The smallest absolute Gasteiger partial charge is 0.0985 e. The molecule has 2 nitrogen and oxygen atoms in total. The minimum Gasteiger partial charge on any atom is -0.302 e. The maximum Gasteiger partial charge on any atom is 0.0985 e. The Labute approximate surface area is 99.6 Å².